The summed E-state index contributed by atoms with van der Waals surface area (Å²) in [6.07, 6.45) is 4.75. The van der Waals surface area contributed by atoms with Gasteiger partial charge < -0.3 is 24.4 Å². The highest BCUT2D eigenvalue weighted by molar-refractivity contribution is 9.09. The van der Waals surface area contributed by atoms with E-state index in [1.165, 1.54) is 9.80 Å². The minimum absolute atomic E-state index is 0.149. The number of unbranched alkanes of at least 4 members (excludes halogenated alkanes) is 1. The van der Waals surface area contributed by atoms with Crippen LogP contribution in [0.2, 0.25) is 5.02 Å². The number of anilines is 1. The monoisotopic (exact) mass is 594 g/mol. The van der Waals surface area contributed by atoms with Gasteiger partial charge in [0.25, 0.3) is 5.91 Å². The second kappa shape index (κ2) is 11.7. The number of nitrogens with zero attached hydrogens (tertiary/aromatic N) is 2. The van der Waals surface area contributed by atoms with Gasteiger partial charge in [-0.05, 0) is 37.8 Å². The molecule has 6 atom stereocenters. The predicted molar refractivity (Wildman–Crippen MR) is 144 cm³/mol. The van der Waals surface area contributed by atoms with Crippen molar-refractivity contribution in [2.45, 2.75) is 48.3 Å². The average molecular weight is 596 g/mol. The molecule has 0 radical (unpaired) electrons. The Morgan fingerprint density at radius 2 is 2.05 bits per heavy atom. The number of halogens is 2. The lowest BCUT2D eigenvalue weighted by Crippen LogP contribution is -2.57. The molecule has 8 nitrogen and oxygen atoms in total. The number of amides is 2. The van der Waals surface area contributed by atoms with Crippen molar-refractivity contribution >= 4 is 51.0 Å². The van der Waals surface area contributed by atoms with Gasteiger partial charge in [-0.1, -0.05) is 51.8 Å². The summed E-state index contributed by atoms with van der Waals surface area (Å²) in [4.78, 5) is 44.2. The molecular formula is C27H32BrClN2O6. The largest absolute Gasteiger partial charge is 0.465 e. The van der Waals surface area contributed by atoms with E-state index >= 15 is 0 Å². The van der Waals surface area contributed by atoms with Gasteiger partial charge in [-0.3, -0.25) is 14.4 Å². The number of carbonyl (C=O) groups excluding carboxylic acids is 3. The number of allylic oxidation sites excluding steroid dienone is 1. The summed E-state index contributed by atoms with van der Waals surface area (Å²) in [6.45, 7) is 7.85. The molecule has 2 amide bonds. The number of hydrogen-bond acceptors (Lipinski definition) is 6. The van der Waals surface area contributed by atoms with Gasteiger partial charge in [0.05, 0.1) is 35.3 Å². The summed E-state index contributed by atoms with van der Waals surface area (Å²) in [5.41, 5.74) is -0.724. The Hall–Kier alpha value is -2.20. The van der Waals surface area contributed by atoms with Crippen LogP contribution in [0.1, 0.15) is 25.7 Å². The average Bonchev–Trinajstić information content (AvgIpc) is 3.47. The van der Waals surface area contributed by atoms with Crippen LogP contribution in [0.3, 0.4) is 0 Å². The van der Waals surface area contributed by atoms with Crippen molar-refractivity contribution in [1.29, 1.82) is 0 Å². The molecule has 1 spiro atoms. The van der Waals surface area contributed by atoms with Gasteiger partial charge in [0.1, 0.15) is 11.6 Å². The third-order valence-electron chi connectivity index (χ3n) is 7.37. The second-order valence-electron chi connectivity index (χ2n) is 9.56. The fraction of sp³-hybridized carbons (Fsp3) is 0.519. The molecule has 200 valence electrons. The van der Waals surface area contributed by atoms with Crippen LogP contribution in [0, 0.1) is 11.8 Å². The maximum Gasteiger partial charge on any atom is 0.312 e. The first kappa shape index (κ1) is 27.8. The molecule has 0 aliphatic carbocycles. The zero-order valence-corrected chi connectivity index (χ0v) is 22.9. The highest BCUT2D eigenvalue weighted by Crippen LogP contribution is 2.60. The van der Waals surface area contributed by atoms with Crippen LogP contribution in [0.5, 0.6) is 0 Å². The predicted octanol–water partition coefficient (Wildman–Crippen LogP) is 3.50. The normalized spacial score (nSPS) is 29.8. The van der Waals surface area contributed by atoms with Gasteiger partial charge in [0.15, 0.2) is 0 Å². The van der Waals surface area contributed by atoms with E-state index in [1.54, 1.807) is 36.4 Å². The van der Waals surface area contributed by atoms with E-state index in [0.29, 0.717) is 30.0 Å². The maximum absolute atomic E-state index is 14.3. The minimum atomic E-state index is -1.21. The number of fused-ring (bicyclic) bond motifs is 1. The quantitative estimate of drug-likeness (QED) is 0.172. The van der Waals surface area contributed by atoms with Crippen LogP contribution in [0.4, 0.5) is 5.69 Å². The van der Waals surface area contributed by atoms with Crippen molar-refractivity contribution in [3.8, 4) is 0 Å². The van der Waals surface area contributed by atoms with Crippen molar-refractivity contribution in [3.05, 3.63) is 54.6 Å². The van der Waals surface area contributed by atoms with Gasteiger partial charge >= 0.3 is 5.97 Å². The van der Waals surface area contributed by atoms with Crippen molar-refractivity contribution in [2.75, 3.05) is 31.2 Å². The number of benzene rings is 1. The molecule has 0 aromatic heterocycles. The van der Waals surface area contributed by atoms with Gasteiger partial charge in [-0.15, -0.1) is 13.2 Å². The zero-order valence-electron chi connectivity index (χ0n) is 20.6. The Balaban J connectivity index is 1.72. The third kappa shape index (κ3) is 4.87. The fourth-order valence-corrected chi connectivity index (χ4v) is 7.09. The number of rotatable bonds is 12. The van der Waals surface area contributed by atoms with Crippen LogP contribution >= 0.6 is 27.5 Å². The second-order valence-corrected chi connectivity index (χ2v) is 11.1. The van der Waals surface area contributed by atoms with Crippen molar-refractivity contribution in [1.82, 2.24) is 4.90 Å². The molecule has 3 heterocycles. The van der Waals surface area contributed by atoms with Crippen molar-refractivity contribution in [2.24, 2.45) is 11.8 Å². The van der Waals surface area contributed by atoms with E-state index in [4.69, 9.17) is 21.1 Å². The summed E-state index contributed by atoms with van der Waals surface area (Å²) in [6, 6.07) is 5.97. The van der Waals surface area contributed by atoms with Gasteiger partial charge in [-0.25, -0.2) is 0 Å². The molecule has 37 heavy (non-hydrogen) atoms. The van der Waals surface area contributed by atoms with Gasteiger partial charge in [-0.2, -0.15) is 0 Å². The van der Waals surface area contributed by atoms with E-state index in [2.05, 4.69) is 29.1 Å². The molecule has 1 aromatic carbocycles. The molecule has 0 saturated carbocycles. The number of esters is 1. The summed E-state index contributed by atoms with van der Waals surface area (Å²) in [5.74, 6) is -2.90. The summed E-state index contributed by atoms with van der Waals surface area (Å²) in [7, 11) is 0. The Bertz CT molecular complexity index is 1070. The lowest BCUT2D eigenvalue weighted by molar-refractivity contribution is -0.155. The molecule has 10 heteroatoms. The van der Waals surface area contributed by atoms with Crippen LogP contribution in [0.25, 0.3) is 0 Å². The number of hydrogen-bond donors (Lipinski definition) is 1. The molecule has 4 rings (SSSR count). The van der Waals surface area contributed by atoms with Crippen LogP contribution in [0.15, 0.2) is 49.6 Å². The Kier molecular flexibility index (Phi) is 8.78. The Morgan fingerprint density at radius 3 is 2.73 bits per heavy atom. The molecule has 3 aliphatic rings. The Morgan fingerprint density at radius 1 is 1.30 bits per heavy atom. The molecule has 1 N–H and O–H groups in total. The number of carbonyl (C=O) groups is 3. The van der Waals surface area contributed by atoms with Crippen molar-refractivity contribution < 1.29 is 29.0 Å². The van der Waals surface area contributed by atoms with Gasteiger partial charge in [0.2, 0.25) is 5.91 Å². The SMILES string of the molecule is C=CCCCOC(=O)[C@H]1[C@H]2C(=O)N(CCCO)C(C(=O)N(CC=C)c3ccccc3Cl)C23CC(Br)[C@@H]1O3. The van der Waals surface area contributed by atoms with E-state index in [0.717, 1.165) is 0 Å². The topological polar surface area (TPSA) is 96.4 Å². The fourth-order valence-electron chi connectivity index (χ4n) is 5.91. The summed E-state index contributed by atoms with van der Waals surface area (Å²) >= 11 is 10.1. The first-order valence-electron chi connectivity index (χ1n) is 12.5. The minimum Gasteiger partial charge on any atom is -0.465 e. The molecule has 3 unspecified atom stereocenters. The lowest BCUT2D eigenvalue weighted by Gasteiger charge is -2.37. The van der Waals surface area contributed by atoms with Crippen LogP contribution < -0.4 is 4.90 Å². The summed E-state index contributed by atoms with van der Waals surface area (Å²) < 4.78 is 12.0. The third-order valence-corrected chi connectivity index (χ3v) is 8.53. The number of para-hydroxylation sites is 1. The van der Waals surface area contributed by atoms with E-state index in [1.807, 2.05) is 0 Å². The van der Waals surface area contributed by atoms with Gasteiger partial charge in [0, 0.05) is 24.5 Å². The lowest BCUT2D eigenvalue weighted by atomic mass is 9.70. The van der Waals surface area contributed by atoms with E-state index < -0.39 is 35.6 Å². The van der Waals surface area contributed by atoms with Crippen LogP contribution in [-0.4, -0.2) is 76.7 Å². The highest BCUT2D eigenvalue weighted by Gasteiger charge is 2.77. The number of aliphatic hydroxyl groups is 1. The number of alkyl halides is 1. The standard InChI is InChI=1S/C27H32BrClN2O6/c1-3-5-8-15-36-26(35)20-21-24(33)31(13-9-14-32)23(27(21)16-17(28)22(20)37-27)25(34)30(12-4-2)19-11-7-6-10-18(19)29/h3-4,6-7,10-11,17,20-23,32H,1-2,5,8-9,12-16H2/t17?,20-,21-,22-,23?,27?/m0/s1. The smallest absolute Gasteiger partial charge is 0.312 e. The van der Waals surface area contributed by atoms with E-state index in [9.17, 15) is 19.5 Å². The number of ether oxygens (including phenoxy) is 2. The van der Waals surface area contributed by atoms with Crippen LogP contribution in [-0.2, 0) is 23.9 Å². The first-order chi connectivity index (χ1) is 17.8. The maximum atomic E-state index is 14.3. The Labute approximate surface area is 230 Å². The van der Waals surface area contributed by atoms with E-state index in [-0.39, 0.29) is 49.4 Å². The van der Waals surface area contributed by atoms with Crippen molar-refractivity contribution in [3.63, 3.8) is 0 Å². The number of aliphatic hydroxyl groups excluding tert-OH is 1. The molecular weight excluding hydrogens is 564 g/mol. The molecule has 3 fully saturated rings. The summed E-state index contributed by atoms with van der Waals surface area (Å²) in [5, 5.41) is 9.90. The molecule has 2 bridgehead atoms. The molecule has 1 aromatic rings. The first-order valence-corrected chi connectivity index (χ1v) is 13.8. The molecule has 3 aliphatic heterocycles. The zero-order chi connectivity index (χ0) is 26.7. The molecule has 3 saturated heterocycles. The highest BCUT2D eigenvalue weighted by atomic mass is 79.9. The number of likely N-dealkylation sites (tertiary alicyclic amines) is 1.